The van der Waals surface area contributed by atoms with Crippen molar-refractivity contribution in [1.29, 1.82) is 0 Å². The number of benzene rings is 1. The van der Waals surface area contributed by atoms with E-state index in [0.29, 0.717) is 13.2 Å². The number of carbonyl (C=O) groups is 2. The molecule has 0 aliphatic heterocycles. The third kappa shape index (κ3) is 7.03. The van der Waals surface area contributed by atoms with Crippen LogP contribution in [0.1, 0.15) is 60.2 Å². The maximum atomic E-state index is 11.9. The van der Waals surface area contributed by atoms with Gasteiger partial charge in [0.05, 0.1) is 24.3 Å². The first kappa shape index (κ1) is 20.0. The molecule has 115 valence electrons. The molecule has 5 heteroatoms. The Morgan fingerprint density at radius 1 is 0.857 bits per heavy atom. The fourth-order valence-corrected chi connectivity index (χ4v) is 1.61. The van der Waals surface area contributed by atoms with Gasteiger partial charge in [0.1, 0.15) is 0 Å². The van der Waals surface area contributed by atoms with Crippen molar-refractivity contribution in [2.45, 2.75) is 39.5 Å². The fraction of sp³-hybridized carbons (Fsp3) is 0.500. The largest absolute Gasteiger partial charge is 0.462 e. The first-order valence-electron chi connectivity index (χ1n) is 7.14. The molecule has 21 heavy (non-hydrogen) atoms. The van der Waals surface area contributed by atoms with E-state index in [2.05, 4.69) is 0 Å². The zero-order chi connectivity index (χ0) is 14.8. The summed E-state index contributed by atoms with van der Waals surface area (Å²) in [5.74, 6) is -0.942. The minimum Gasteiger partial charge on any atom is -0.462 e. The molecule has 0 fully saturated rings. The SMILES string of the molecule is CCCCOC(=O)c1ccccc1C(=O)OCCCC.[Bi]. The predicted molar refractivity (Wildman–Crippen MR) is 82.6 cm³/mol. The van der Waals surface area contributed by atoms with Crippen molar-refractivity contribution in [3.05, 3.63) is 35.4 Å². The Kier molecular flexibility index (Phi) is 11.1. The van der Waals surface area contributed by atoms with Crippen LogP contribution in [0.5, 0.6) is 0 Å². The van der Waals surface area contributed by atoms with Crippen molar-refractivity contribution in [3.8, 4) is 0 Å². The monoisotopic (exact) mass is 487 g/mol. The van der Waals surface area contributed by atoms with Gasteiger partial charge in [-0.2, -0.15) is 0 Å². The van der Waals surface area contributed by atoms with E-state index in [1.54, 1.807) is 24.3 Å². The van der Waals surface area contributed by atoms with Gasteiger partial charge in [0, 0.05) is 26.2 Å². The normalized spacial score (nSPS) is 9.62. The van der Waals surface area contributed by atoms with Crippen LogP contribution in [0.2, 0.25) is 0 Å². The van der Waals surface area contributed by atoms with Gasteiger partial charge < -0.3 is 9.47 Å². The zero-order valence-electron chi connectivity index (χ0n) is 12.6. The van der Waals surface area contributed by atoms with Crippen LogP contribution in [0.25, 0.3) is 0 Å². The number of hydrogen-bond donors (Lipinski definition) is 0. The Labute approximate surface area is 145 Å². The maximum absolute atomic E-state index is 11.9. The number of carbonyl (C=O) groups excluding carboxylic acids is 2. The van der Waals surface area contributed by atoms with E-state index in [1.165, 1.54) is 0 Å². The Morgan fingerprint density at radius 3 is 1.57 bits per heavy atom. The first-order chi connectivity index (χ1) is 9.70. The quantitative estimate of drug-likeness (QED) is 0.321. The molecular weight excluding hydrogens is 465 g/mol. The van der Waals surface area contributed by atoms with Gasteiger partial charge in [-0.05, 0) is 25.0 Å². The van der Waals surface area contributed by atoms with E-state index < -0.39 is 11.9 Å². The minimum absolute atomic E-state index is 0. The van der Waals surface area contributed by atoms with Crippen LogP contribution in [0.15, 0.2) is 24.3 Å². The minimum atomic E-state index is -0.471. The summed E-state index contributed by atoms with van der Waals surface area (Å²) in [6, 6.07) is 6.59. The molecule has 0 unspecified atom stereocenters. The van der Waals surface area contributed by atoms with Crippen molar-refractivity contribution >= 4 is 38.1 Å². The number of ether oxygens (including phenoxy) is 2. The van der Waals surface area contributed by atoms with Gasteiger partial charge in [0.2, 0.25) is 0 Å². The molecule has 3 radical (unpaired) electrons. The number of esters is 2. The van der Waals surface area contributed by atoms with Crippen LogP contribution in [-0.4, -0.2) is 51.4 Å². The number of rotatable bonds is 8. The van der Waals surface area contributed by atoms with E-state index >= 15 is 0 Å². The summed E-state index contributed by atoms with van der Waals surface area (Å²) in [5, 5.41) is 0. The van der Waals surface area contributed by atoms with E-state index in [9.17, 15) is 9.59 Å². The molecule has 1 aromatic rings. The molecule has 0 bridgehead atoms. The van der Waals surface area contributed by atoms with E-state index in [1.807, 2.05) is 13.8 Å². The van der Waals surface area contributed by atoms with Gasteiger partial charge in [-0.3, -0.25) is 0 Å². The summed E-state index contributed by atoms with van der Waals surface area (Å²) in [6.07, 6.45) is 3.53. The molecular formula is C16H22BiO4. The Balaban J connectivity index is 0.00000400. The van der Waals surface area contributed by atoms with Gasteiger partial charge in [-0.15, -0.1) is 0 Å². The molecule has 0 aliphatic carbocycles. The fourth-order valence-electron chi connectivity index (χ4n) is 1.61. The van der Waals surface area contributed by atoms with E-state index in [4.69, 9.17) is 9.47 Å². The summed E-state index contributed by atoms with van der Waals surface area (Å²) < 4.78 is 10.3. The second-order valence-corrected chi connectivity index (χ2v) is 4.52. The Hall–Kier alpha value is -0.957. The molecule has 0 atom stereocenters. The van der Waals surface area contributed by atoms with Crippen LogP contribution in [-0.2, 0) is 9.47 Å². The van der Waals surface area contributed by atoms with Crippen LogP contribution in [0.4, 0.5) is 0 Å². The van der Waals surface area contributed by atoms with Gasteiger partial charge in [0.15, 0.2) is 0 Å². The molecule has 0 saturated heterocycles. The van der Waals surface area contributed by atoms with Crippen LogP contribution < -0.4 is 0 Å². The topological polar surface area (TPSA) is 52.6 Å². The van der Waals surface area contributed by atoms with Gasteiger partial charge in [-0.1, -0.05) is 38.8 Å². The first-order valence-corrected chi connectivity index (χ1v) is 7.14. The molecule has 4 nitrogen and oxygen atoms in total. The van der Waals surface area contributed by atoms with Crippen LogP contribution >= 0.6 is 0 Å². The van der Waals surface area contributed by atoms with E-state index in [-0.39, 0.29) is 37.3 Å². The summed E-state index contributed by atoms with van der Waals surface area (Å²) in [5.41, 5.74) is 0.537. The van der Waals surface area contributed by atoms with Crippen molar-refractivity contribution in [2.75, 3.05) is 13.2 Å². The second kappa shape index (κ2) is 11.7. The van der Waals surface area contributed by atoms with Crippen LogP contribution in [0, 0.1) is 0 Å². The van der Waals surface area contributed by atoms with Crippen molar-refractivity contribution in [3.63, 3.8) is 0 Å². The molecule has 0 aliphatic rings. The van der Waals surface area contributed by atoms with Crippen molar-refractivity contribution < 1.29 is 19.1 Å². The molecule has 0 N–H and O–H groups in total. The van der Waals surface area contributed by atoms with Crippen molar-refractivity contribution in [1.82, 2.24) is 0 Å². The summed E-state index contributed by atoms with van der Waals surface area (Å²) >= 11 is 0. The molecule has 0 saturated carbocycles. The van der Waals surface area contributed by atoms with Gasteiger partial charge in [0.25, 0.3) is 0 Å². The third-order valence-electron chi connectivity index (χ3n) is 2.83. The summed E-state index contributed by atoms with van der Waals surface area (Å²) in [6.45, 7) is 4.78. The summed E-state index contributed by atoms with van der Waals surface area (Å²) in [4.78, 5) is 23.9. The average molecular weight is 487 g/mol. The predicted octanol–water partition coefficient (Wildman–Crippen LogP) is 3.22. The van der Waals surface area contributed by atoms with E-state index in [0.717, 1.165) is 25.7 Å². The molecule has 0 spiro atoms. The molecule has 0 aromatic heterocycles. The Bertz CT molecular complexity index is 405. The summed E-state index contributed by atoms with van der Waals surface area (Å²) in [7, 11) is 0. The van der Waals surface area contributed by atoms with Crippen LogP contribution in [0.3, 0.4) is 0 Å². The smallest absolute Gasteiger partial charge is 0.339 e. The standard InChI is InChI=1S/C16H22O4.Bi/c1-3-5-11-19-15(17)13-9-7-8-10-14(13)16(18)20-12-6-4-2;/h7-10H,3-6,11-12H2,1-2H3;. The number of unbranched alkanes of at least 4 members (excludes halogenated alkanes) is 2. The molecule has 1 aromatic carbocycles. The maximum Gasteiger partial charge on any atom is 0.339 e. The molecule has 0 amide bonds. The zero-order valence-corrected chi connectivity index (χ0v) is 16.1. The molecule has 1 rings (SSSR count). The van der Waals surface area contributed by atoms with Gasteiger partial charge in [-0.25, -0.2) is 9.59 Å². The molecule has 0 heterocycles. The van der Waals surface area contributed by atoms with Crippen molar-refractivity contribution in [2.24, 2.45) is 0 Å². The second-order valence-electron chi connectivity index (χ2n) is 4.52. The van der Waals surface area contributed by atoms with Gasteiger partial charge >= 0.3 is 11.9 Å². The third-order valence-corrected chi connectivity index (χ3v) is 2.83. The number of hydrogen-bond acceptors (Lipinski definition) is 4. The average Bonchev–Trinajstić information content (AvgIpc) is 2.47. The Morgan fingerprint density at radius 2 is 1.24 bits per heavy atom.